The molecule has 3 heteroatoms. The van der Waals surface area contributed by atoms with E-state index in [0.717, 1.165) is 12.1 Å². The maximum absolute atomic E-state index is 5.86. The van der Waals surface area contributed by atoms with Gasteiger partial charge in [0, 0.05) is 6.20 Å². The Kier molecular flexibility index (Phi) is 4.34. The van der Waals surface area contributed by atoms with E-state index in [-0.39, 0.29) is 6.04 Å². The van der Waals surface area contributed by atoms with Gasteiger partial charge in [-0.3, -0.25) is 4.98 Å². The largest absolute Gasteiger partial charge is 0.311 e. The van der Waals surface area contributed by atoms with Crippen LogP contribution in [0, 0.1) is 6.92 Å². The van der Waals surface area contributed by atoms with Crippen molar-refractivity contribution in [2.75, 3.05) is 7.05 Å². The average Bonchev–Trinajstić information content (AvgIpc) is 2.39. The zero-order valence-corrected chi connectivity index (χ0v) is 11.4. The fraction of sp³-hybridized carbons (Fsp3) is 0.267. The Labute approximate surface area is 113 Å². The lowest BCUT2D eigenvalue weighted by molar-refractivity contribution is 0.574. The van der Waals surface area contributed by atoms with Crippen molar-refractivity contribution >= 4 is 11.6 Å². The molecule has 1 unspecified atom stereocenters. The van der Waals surface area contributed by atoms with Gasteiger partial charge in [0.25, 0.3) is 0 Å². The van der Waals surface area contributed by atoms with Gasteiger partial charge in [0.1, 0.15) is 0 Å². The molecule has 0 spiro atoms. The number of halogens is 1. The third-order valence-electron chi connectivity index (χ3n) is 3.14. The van der Waals surface area contributed by atoms with Crippen LogP contribution in [0.3, 0.4) is 0 Å². The van der Waals surface area contributed by atoms with Crippen LogP contribution in [0.4, 0.5) is 0 Å². The van der Waals surface area contributed by atoms with Crippen LogP contribution in [0.1, 0.15) is 22.9 Å². The molecule has 1 heterocycles. The number of rotatable bonds is 4. The number of nitrogens with zero attached hydrogens (tertiary/aromatic N) is 1. The van der Waals surface area contributed by atoms with E-state index < -0.39 is 0 Å². The maximum Gasteiger partial charge on any atom is 0.0589 e. The zero-order valence-electron chi connectivity index (χ0n) is 10.7. The van der Waals surface area contributed by atoms with E-state index in [1.165, 1.54) is 11.1 Å². The fourth-order valence-corrected chi connectivity index (χ4v) is 2.12. The van der Waals surface area contributed by atoms with E-state index in [2.05, 4.69) is 41.5 Å². The second kappa shape index (κ2) is 5.98. The van der Waals surface area contributed by atoms with E-state index in [4.69, 9.17) is 11.6 Å². The van der Waals surface area contributed by atoms with E-state index in [0.29, 0.717) is 5.02 Å². The summed E-state index contributed by atoms with van der Waals surface area (Å²) in [6, 6.07) is 12.5. The highest BCUT2D eigenvalue weighted by Gasteiger charge is 2.12. The number of pyridine rings is 1. The molecule has 1 aromatic heterocycles. The first kappa shape index (κ1) is 13.1. The Hall–Kier alpha value is -1.38. The minimum atomic E-state index is 0.211. The first-order valence-electron chi connectivity index (χ1n) is 6.04. The van der Waals surface area contributed by atoms with Crippen molar-refractivity contribution in [2.24, 2.45) is 0 Å². The number of nitrogens with one attached hydrogen (secondary N) is 1. The highest BCUT2D eigenvalue weighted by atomic mass is 35.5. The normalized spacial score (nSPS) is 12.4. The van der Waals surface area contributed by atoms with Crippen LogP contribution in [0.2, 0.25) is 5.02 Å². The van der Waals surface area contributed by atoms with Crippen LogP contribution in [-0.2, 0) is 6.42 Å². The second-order valence-electron chi connectivity index (χ2n) is 4.37. The predicted molar refractivity (Wildman–Crippen MR) is 75.9 cm³/mol. The summed E-state index contributed by atoms with van der Waals surface area (Å²) in [5.41, 5.74) is 3.67. The second-order valence-corrected chi connectivity index (χ2v) is 4.81. The Balaban J connectivity index is 2.20. The monoisotopic (exact) mass is 260 g/mol. The van der Waals surface area contributed by atoms with E-state index >= 15 is 0 Å². The van der Waals surface area contributed by atoms with Crippen LogP contribution < -0.4 is 5.32 Å². The molecule has 0 radical (unpaired) electrons. The molecule has 18 heavy (non-hydrogen) atoms. The van der Waals surface area contributed by atoms with E-state index in [9.17, 15) is 0 Å². The zero-order chi connectivity index (χ0) is 13.0. The number of hydrogen-bond donors (Lipinski definition) is 1. The molecule has 2 aromatic rings. The van der Waals surface area contributed by atoms with Gasteiger partial charge in [-0.2, -0.15) is 0 Å². The number of benzene rings is 1. The van der Waals surface area contributed by atoms with E-state index in [1.54, 1.807) is 6.20 Å². The summed E-state index contributed by atoms with van der Waals surface area (Å²) in [6.07, 6.45) is 2.62. The molecule has 0 bridgehead atoms. The standard InChI is InChI=1S/C15H17ClN2/c1-11-5-3-4-6-12(11)9-15(17-2)14-8-7-13(16)10-18-14/h3-8,10,15,17H,9H2,1-2H3. The minimum Gasteiger partial charge on any atom is -0.311 e. The summed E-state index contributed by atoms with van der Waals surface area (Å²) in [4.78, 5) is 4.38. The average molecular weight is 261 g/mol. The van der Waals surface area contributed by atoms with Gasteiger partial charge < -0.3 is 5.32 Å². The lowest BCUT2D eigenvalue weighted by atomic mass is 9.99. The molecule has 0 aliphatic rings. The topological polar surface area (TPSA) is 24.9 Å². The molecule has 0 fully saturated rings. The first-order valence-corrected chi connectivity index (χ1v) is 6.41. The lowest BCUT2D eigenvalue weighted by Crippen LogP contribution is -2.20. The molecule has 94 valence electrons. The number of likely N-dealkylation sites (N-methyl/N-ethyl adjacent to an activating group) is 1. The lowest BCUT2D eigenvalue weighted by Gasteiger charge is -2.17. The number of aryl methyl sites for hydroxylation is 1. The molecule has 0 saturated heterocycles. The van der Waals surface area contributed by atoms with Gasteiger partial charge in [0.05, 0.1) is 16.8 Å². The molecular weight excluding hydrogens is 244 g/mol. The molecule has 2 nitrogen and oxygen atoms in total. The molecule has 1 atom stereocenters. The first-order chi connectivity index (χ1) is 8.70. The third kappa shape index (κ3) is 3.09. The van der Waals surface area contributed by atoms with Gasteiger partial charge in [0.2, 0.25) is 0 Å². The molecular formula is C15H17ClN2. The summed E-state index contributed by atoms with van der Waals surface area (Å²) in [5, 5.41) is 3.98. The van der Waals surface area contributed by atoms with Crippen molar-refractivity contribution in [1.29, 1.82) is 0 Å². The molecule has 2 rings (SSSR count). The van der Waals surface area contributed by atoms with Crippen LogP contribution in [-0.4, -0.2) is 12.0 Å². The summed E-state index contributed by atoms with van der Waals surface area (Å²) >= 11 is 5.86. The minimum absolute atomic E-state index is 0.211. The van der Waals surface area contributed by atoms with Crippen molar-refractivity contribution in [3.05, 3.63) is 64.4 Å². The molecule has 0 saturated carbocycles. The SMILES string of the molecule is CNC(Cc1ccccc1C)c1ccc(Cl)cn1. The van der Waals surface area contributed by atoms with Gasteiger partial charge in [-0.05, 0) is 43.7 Å². The molecule has 1 N–H and O–H groups in total. The molecule has 0 amide bonds. The van der Waals surface area contributed by atoms with Crippen molar-refractivity contribution < 1.29 is 0 Å². The molecule has 0 aliphatic heterocycles. The number of aromatic nitrogens is 1. The Bertz CT molecular complexity index is 508. The Morgan fingerprint density at radius 2 is 2.00 bits per heavy atom. The van der Waals surface area contributed by atoms with Gasteiger partial charge >= 0.3 is 0 Å². The fourth-order valence-electron chi connectivity index (χ4n) is 2.01. The quantitative estimate of drug-likeness (QED) is 0.910. The summed E-state index contributed by atoms with van der Waals surface area (Å²) in [6.45, 7) is 2.14. The van der Waals surface area contributed by atoms with E-state index in [1.807, 2.05) is 19.2 Å². The van der Waals surface area contributed by atoms with Gasteiger partial charge in [-0.15, -0.1) is 0 Å². The highest BCUT2D eigenvalue weighted by Crippen LogP contribution is 2.19. The van der Waals surface area contributed by atoms with Gasteiger partial charge in [0.15, 0.2) is 0 Å². The van der Waals surface area contributed by atoms with Crippen molar-refractivity contribution in [1.82, 2.24) is 10.3 Å². The van der Waals surface area contributed by atoms with Gasteiger partial charge in [-0.25, -0.2) is 0 Å². The van der Waals surface area contributed by atoms with Crippen LogP contribution in [0.5, 0.6) is 0 Å². The van der Waals surface area contributed by atoms with Crippen molar-refractivity contribution in [2.45, 2.75) is 19.4 Å². The van der Waals surface area contributed by atoms with Crippen LogP contribution >= 0.6 is 11.6 Å². The van der Waals surface area contributed by atoms with Crippen LogP contribution in [0.25, 0.3) is 0 Å². The van der Waals surface area contributed by atoms with Crippen molar-refractivity contribution in [3.63, 3.8) is 0 Å². The third-order valence-corrected chi connectivity index (χ3v) is 3.36. The smallest absolute Gasteiger partial charge is 0.0589 e. The molecule has 1 aromatic carbocycles. The highest BCUT2D eigenvalue weighted by molar-refractivity contribution is 6.30. The number of hydrogen-bond acceptors (Lipinski definition) is 2. The summed E-state index contributed by atoms with van der Waals surface area (Å²) in [7, 11) is 1.96. The summed E-state index contributed by atoms with van der Waals surface area (Å²) in [5.74, 6) is 0. The van der Waals surface area contributed by atoms with Crippen LogP contribution in [0.15, 0.2) is 42.6 Å². The summed E-state index contributed by atoms with van der Waals surface area (Å²) < 4.78 is 0. The van der Waals surface area contributed by atoms with Gasteiger partial charge in [-0.1, -0.05) is 35.9 Å². The Morgan fingerprint density at radius 1 is 1.22 bits per heavy atom. The Morgan fingerprint density at radius 3 is 2.61 bits per heavy atom. The van der Waals surface area contributed by atoms with Crippen molar-refractivity contribution in [3.8, 4) is 0 Å². The maximum atomic E-state index is 5.86. The molecule has 0 aliphatic carbocycles. The predicted octanol–water partition coefficient (Wildman–Crippen LogP) is 3.55.